The Labute approximate surface area is 365 Å². The highest BCUT2D eigenvalue weighted by molar-refractivity contribution is 5.65. The summed E-state index contributed by atoms with van der Waals surface area (Å²) in [4.78, 5) is 3.07. The van der Waals surface area contributed by atoms with E-state index in [0.717, 1.165) is 68.1 Å². The van der Waals surface area contributed by atoms with Gasteiger partial charge in [0.1, 0.15) is 5.75 Å². The van der Waals surface area contributed by atoms with Crippen LogP contribution >= 0.6 is 0 Å². The SMILES string of the molecule is COc1c(O)c(O)c(CO)c([C@@H]2C[C@H](O)[C@H]3CC[C@H](c4ccc(O)c([C@@H]5C[C@@H](C)CC[C@H]5[C@@]5(O)C=C[C@]67C=Cc8ccccc8[C@]6(CCCC7)C5)c4)C[C@@H]3O2)c1Cc1cc[nH]c1. The Morgan fingerprint density at radius 3 is 2.53 bits per heavy atom. The highest BCUT2D eigenvalue weighted by atomic mass is 16.5. The van der Waals surface area contributed by atoms with Crippen LogP contribution in [-0.4, -0.2) is 60.5 Å². The number of aromatic nitrogens is 1. The lowest BCUT2D eigenvalue weighted by Crippen LogP contribution is -2.58. The van der Waals surface area contributed by atoms with Gasteiger partial charge in [-0.25, -0.2) is 0 Å². The van der Waals surface area contributed by atoms with E-state index in [0.29, 0.717) is 36.3 Å². The number of nitrogens with one attached hydrogen (secondary N) is 1. The summed E-state index contributed by atoms with van der Waals surface area (Å²) in [5.41, 5.74) is 5.60. The molecule has 328 valence electrons. The van der Waals surface area contributed by atoms with Crippen LogP contribution in [0.4, 0.5) is 0 Å². The van der Waals surface area contributed by atoms with Crippen molar-refractivity contribution < 1.29 is 40.1 Å². The van der Waals surface area contributed by atoms with Crippen molar-refractivity contribution in [1.29, 1.82) is 0 Å². The van der Waals surface area contributed by atoms with E-state index in [1.54, 1.807) is 0 Å². The first-order chi connectivity index (χ1) is 30.0. The number of rotatable bonds is 8. The highest BCUT2D eigenvalue weighted by Crippen LogP contribution is 2.65. The predicted octanol–water partition coefficient (Wildman–Crippen LogP) is 9.73. The molecule has 1 saturated heterocycles. The molecule has 2 heterocycles. The summed E-state index contributed by atoms with van der Waals surface area (Å²) in [5.74, 6) is -0.0939. The first kappa shape index (κ1) is 41.5. The fourth-order valence-electron chi connectivity index (χ4n) is 13.8. The quantitative estimate of drug-likeness (QED) is 0.0684. The summed E-state index contributed by atoms with van der Waals surface area (Å²) in [6.07, 6.45) is 22.2. The smallest absolute Gasteiger partial charge is 0.201 e. The second-order valence-corrected chi connectivity index (χ2v) is 20.0. The van der Waals surface area contributed by atoms with Crippen molar-refractivity contribution in [2.24, 2.45) is 23.2 Å². The summed E-state index contributed by atoms with van der Waals surface area (Å²) in [5, 5.41) is 69.5. The van der Waals surface area contributed by atoms with Crippen LogP contribution < -0.4 is 4.74 Å². The van der Waals surface area contributed by atoms with Crippen LogP contribution in [0, 0.1) is 23.2 Å². The van der Waals surface area contributed by atoms with E-state index in [1.165, 1.54) is 24.7 Å². The lowest BCUT2D eigenvalue weighted by Gasteiger charge is -2.60. The number of hydrogen-bond donors (Lipinski definition) is 7. The molecule has 9 heteroatoms. The normalized spacial score (nSPS) is 35.0. The Morgan fingerprint density at radius 2 is 1.73 bits per heavy atom. The first-order valence-corrected chi connectivity index (χ1v) is 23.2. The molecule has 0 amide bonds. The van der Waals surface area contributed by atoms with E-state index < -0.39 is 35.9 Å². The zero-order valence-corrected chi connectivity index (χ0v) is 36.1. The molecule has 9 nitrogen and oxygen atoms in total. The van der Waals surface area contributed by atoms with Crippen molar-refractivity contribution in [1.82, 2.24) is 4.98 Å². The second kappa shape index (κ2) is 15.9. The zero-order chi connectivity index (χ0) is 43.0. The number of methoxy groups -OCH3 is 1. The number of allylic oxidation sites excluding steroid dienone is 2. The number of H-pyrrole nitrogens is 1. The van der Waals surface area contributed by atoms with Crippen molar-refractivity contribution in [3.05, 3.63) is 124 Å². The van der Waals surface area contributed by atoms with Gasteiger partial charge in [-0.05, 0) is 121 Å². The van der Waals surface area contributed by atoms with E-state index in [4.69, 9.17) is 9.47 Å². The molecule has 0 bridgehead atoms. The molecule has 7 N–H and O–H groups in total. The molecule has 0 unspecified atom stereocenters. The molecular weight excluding hydrogens is 779 g/mol. The van der Waals surface area contributed by atoms with Crippen molar-refractivity contribution in [3.63, 3.8) is 0 Å². The summed E-state index contributed by atoms with van der Waals surface area (Å²) in [7, 11) is 1.44. The molecule has 1 aliphatic heterocycles. The summed E-state index contributed by atoms with van der Waals surface area (Å²) in [6.45, 7) is 1.77. The molecule has 5 aliphatic carbocycles. The minimum Gasteiger partial charge on any atom is -0.508 e. The maximum Gasteiger partial charge on any atom is 0.201 e. The van der Waals surface area contributed by atoms with Gasteiger partial charge in [-0.15, -0.1) is 0 Å². The van der Waals surface area contributed by atoms with E-state index >= 15 is 0 Å². The molecule has 6 aliphatic rings. The molecule has 10 rings (SSSR count). The fraction of sp³-hybridized carbons (Fsp3) is 0.509. The Balaban J connectivity index is 0.959. The maximum absolute atomic E-state index is 13.2. The average Bonchev–Trinajstić information content (AvgIpc) is 3.80. The number of hydrogen-bond acceptors (Lipinski definition) is 8. The molecule has 1 aromatic heterocycles. The lowest BCUT2D eigenvalue weighted by molar-refractivity contribution is -0.154. The van der Waals surface area contributed by atoms with Crippen LogP contribution in [0.2, 0.25) is 0 Å². The topological polar surface area (TPSA) is 156 Å². The second-order valence-electron chi connectivity index (χ2n) is 20.0. The molecule has 4 fully saturated rings. The van der Waals surface area contributed by atoms with Gasteiger partial charge in [0.05, 0.1) is 37.6 Å². The summed E-state index contributed by atoms with van der Waals surface area (Å²) >= 11 is 0. The molecule has 62 heavy (non-hydrogen) atoms. The number of aliphatic hydroxyl groups excluding tert-OH is 2. The summed E-state index contributed by atoms with van der Waals surface area (Å²) in [6, 6.07) is 16.8. The molecular formula is C53H63NO8. The van der Waals surface area contributed by atoms with Gasteiger partial charge in [-0.3, -0.25) is 0 Å². The van der Waals surface area contributed by atoms with Crippen LogP contribution in [0.15, 0.2) is 79.2 Å². The van der Waals surface area contributed by atoms with Crippen LogP contribution in [0.25, 0.3) is 6.08 Å². The van der Waals surface area contributed by atoms with Gasteiger partial charge in [-0.2, -0.15) is 0 Å². The Kier molecular flexibility index (Phi) is 10.6. The lowest BCUT2D eigenvalue weighted by atomic mass is 9.44. The van der Waals surface area contributed by atoms with Crippen molar-refractivity contribution in [2.75, 3.05) is 7.11 Å². The van der Waals surface area contributed by atoms with Crippen molar-refractivity contribution in [3.8, 4) is 23.0 Å². The number of aromatic amines is 1. The Bertz CT molecular complexity index is 2370. The largest absolute Gasteiger partial charge is 0.508 e. The number of aliphatic hydroxyl groups is 3. The number of fused-ring (bicyclic) bond motifs is 2. The molecule has 11 atom stereocenters. The van der Waals surface area contributed by atoms with Gasteiger partial charge in [0.2, 0.25) is 5.75 Å². The van der Waals surface area contributed by atoms with Gasteiger partial charge in [0.15, 0.2) is 11.5 Å². The monoisotopic (exact) mass is 841 g/mol. The highest BCUT2D eigenvalue weighted by Gasteiger charge is 2.60. The maximum atomic E-state index is 13.2. The number of aromatic hydroxyl groups is 3. The fourth-order valence-corrected chi connectivity index (χ4v) is 13.8. The zero-order valence-electron chi connectivity index (χ0n) is 36.1. The third kappa shape index (κ3) is 6.63. The van der Waals surface area contributed by atoms with E-state index in [-0.39, 0.29) is 64.1 Å². The Morgan fingerprint density at radius 1 is 0.887 bits per heavy atom. The summed E-state index contributed by atoms with van der Waals surface area (Å²) < 4.78 is 12.7. The molecule has 4 aromatic rings. The third-order valence-corrected chi connectivity index (χ3v) is 16.8. The van der Waals surface area contributed by atoms with E-state index in [2.05, 4.69) is 66.5 Å². The van der Waals surface area contributed by atoms with Crippen LogP contribution in [-0.2, 0) is 23.2 Å². The molecule has 3 aromatic carbocycles. The van der Waals surface area contributed by atoms with Gasteiger partial charge in [-0.1, -0.05) is 86.9 Å². The number of benzene rings is 3. The average molecular weight is 842 g/mol. The van der Waals surface area contributed by atoms with Gasteiger partial charge in [0.25, 0.3) is 0 Å². The van der Waals surface area contributed by atoms with E-state index in [9.17, 15) is 30.6 Å². The minimum absolute atomic E-state index is 0.0313. The van der Waals surface area contributed by atoms with E-state index in [1.807, 2.05) is 30.6 Å². The standard InChI is InChI=1S/C53H63NO8/c1-31-9-13-42(53(60)21-20-51-17-5-6-18-52(51,30-53)41-8-4-3-7-33(41)15-19-51)37(23-31)38-25-34(11-14-43(38)56)35-10-12-36-44(57)27-46(62-45(36)26-35)47-39(24-32-16-22-54-28-32)50(61-2)49(59)48(58)40(47)29-55/h3-4,7-8,11,14-16,19-22,25,28,31,35-37,42,44-46,54-60H,5-6,9-10,12-13,17-18,23-24,26-27,29-30H2,1-2H3/t31-,35-,36+,37-,42+,44-,45-,46-,51-,52-,53+/m0/s1. The van der Waals surface area contributed by atoms with Gasteiger partial charge >= 0.3 is 0 Å². The van der Waals surface area contributed by atoms with Crippen LogP contribution in [0.5, 0.6) is 23.0 Å². The molecule has 0 spiro atoms. The van der Waals surface area contributed by atoms with Crippen LogP contribution in [0.3, 0.4) is 0 Å². The molecule has 0 radical (unpaired) electrons. The Hall–Kier alpha value is -4.54. The minimum atomic E-state index is -1.04. The van der Waals surface area contributed by atoms with Crippen LogP contribution in [0.1, 0.15) is 146 Å². The third-order valence-electron chi connectivity index (χ3n) is 16.8. The number of phenols is 3. The molecule has 3 saturated carbocycles. The predicted molar refractivity (Wildman–Crippen MR) is 238 cm³/mol. The van der Waals surface area contributed by atoms with Gasteiger partial charge < -0.3 is 45.1 Å². The number of ether oxygens (including phenoxy) is 2. The number of phenolic OH excluding ortho intramolecular Hbond substituents is 2. The van der Waals surface area contributed by atoms with Crippen molar-refractivity contribution >= 4 is 6.08 Å². The van der Waals surface area contributed by atoms with Crippen molar-refractivity contribution in [2.45, 2.75) is 138 Å². The first-order valence-electron chi connectivity index (χ1n) is 23.2. The van der Waals surface area contributed by atoms with Gasteiger partial charge in [0, 0.05) is 53.1 Å².